The number of nitrogens with zero attached hydrogens (tertiary/aromatic N) is 4. The zero-order valence-corrected chi connectivity index (χ0v) is 11.7. The first-order valence-electron chi connectivity index (χ1n) is 6.27. The summed E-state index contributed by atoms with van der Waals surface area (Å²) in [4.78, 5) is 0. The Balaban J connectivity index is 2.55. The lowest BCUT2D eigenvalue weighted by atomic mass is 10.1. The summed E-state index contributed by atoms with van der Waals surface area (Å²) in [6.45, 7) is 6.35. The molecular formula is C13H19N5O. The summed E-state index contributed by atoms with van der Waals surface area (Å²) in [5.41, 5.74) is 7.30. The maximum Gasteiger partial charge on any atom is 0.186 e. The minimum atomic E-state index is 0.191. The second-order valence-electron chi connectivity index (χ2n) is 4.86. The van der Waals surface area contributed by atoms with Crippen LogP contribution in [0.5, 0.6) is 5.75 Å². The van der Waals surface area contributed by atoms with E-state index in [1.54, 1.807) is 13.2 Å². The van der Waals surface area contributed by atoms with Crippen molar-refractivity contribution in [3.05, 3.63) is 18.2 Å². The number of aromatic nitrogens is 4. The molecule has 0 spiro atoms. The van der Waals surface area contributed by atoms with Gasteiger partial charge in [0.2, 0.25) is 0 Å². The molecule has 0 aliphatic heterocycles. The molecule has 19 heavy (non-hydrogen) atoms. The number of rotatable bonds is 4. The van der Waals surface area contributed by atoms with Crippen molar-refractivity contribution in [2.24, 2.45) is 5.92 Å². The fraction of sp³-hybridized carbons (Fsp3) is 0.462. The Labute approximate surface area is 112 Å². The molecule has 0 bridgehead atoms. The second kappa shape index (κ2) is 5.26. The van der Waals surface area contributed by atoms with E-state index in [1.807, 2.05) is 16.8 Å². The number of nitrogens with two attached hydrogens (primary N) is 1. The average molecular weight is 261 g/mol. The van der Waals surface area contributed by atoms with Gasteiger partial charge in [0.25, 0.3) is 0 Å². The molecule has 0 aliphatic carbocycles. The van der Waals surface area contributed by atoms with Crippen molar-refractivity contribution in [3.63, 3.8) is 0 Å². The lowest BCUT2D eigenvalue weighted by Gasteiger charge is -2.18. The van der Waals surface area contributed by atoms with Crippen LogP contribution in [0.15, 0.2) is 18.2 Å². The molecule has 0 fully saturated rings. The highest BCUT2D eigenvalue weighted by molar-refractivity contribution is 5.73. The Morgan fingerprint density at radius 3 is 2.63 bits per heavy atom. The van der Waals surface area contributed by atoms with E-state index in [0.717, 1.165) is 5.56 Å². The molecule has 102 valence electrons. The van der Waals surface area contributed by atoms with Crippen LogP contribution in [0.25, 0.3) is 11.4 Å². The van der Waals surface area contributed by atoms with E-state index in [4.69, 9.17) is 10.5 Å². The first-order chi connectivity index (χ1) is 9.06. The highest BCUT2D eigenvalue weighted by Gasteiger charge is 2.20. The number of hydrogen-bond donors (Lipinski definition) is 1. The highest BCUT2D eigenvalue weighted by Crippen LogP contribution is 2.34. The molecule has 2 aromatic rings. The van der Waals surface area contributed by atoms with Gasteiger partial charge in [-0.05, 0) is 35.4 Å². The van der Waals surface area contributed by atoms with Crippen LogP contribution in [0.4, 0.5) is 5.69 Å². The number of methoxy groups -OCH3 is 1. The maximum atomic E-state index is 5.92. The van der Waals surface area contributed by atoms with Gasteiger partial charge in [-0.1, -0.05) is 19.9 Å². The average Bonchev–Trinajstić information content (AvgIpc) is 2.86. The van der Waals surface area contributed by atoms with Gasteiger partial charge in [0.05, 0.1) is 24.4 Å². The third kappa shape index (κ3) is 2.38. The van der Waals surface area contributed by atoms with Crippen molar-refractivity contribution in [3.8, 4) is 17.1 Å². The molecule has 0 saturated heterocycles. The first-order valence-corrected chi connectivity index (χ1v) is 6.27. The largest absolute Gasteiger partial charge is 0.494 e. The Kier molecular flexibility index (Phi) is 3.69. The van der Waals surface area contributed by atoms with Gasteiger partial charge in [0, 0.05) is 0 Å². The summed E-state index contributed by atoms with van der Waals surface area (Å²) in [7, 11) is 1.59. The van der Waals surface area contributed by atoms with Gasteiger partial charge >= 0.3 is 0 Å². The molecular weight excluding hydrogens is 242 g/mol. The smallest absolute Gasteiger partial charge is 0.186 e. The lowest BCUT2D eigenvalue weighted by molar-refractivity contribution is 0.370. The summed E-state index contributed by atoms with van der Waals surface area (Å²) >= 11 is 0. The topological polar surface area (TPSA) is 78.8 Å². The van der Waals surface area contributed by atoms with E-state index in [0.29, 0.717) is 23.2 Å². The molecule has 1 unspecified atom stereocenters. The third-order valence-corrected chi connectivity index (χ3v) is 3.33. The number of benzene rings is 1. The van der Waals surface area contributed by atoms with E-state index in [1.165, 1.54) is 0 Å². The Morgan fingerprint density at radius 1 is 1.26 bits per heavy atom. The van der Waals surface area contributed by atoms with Crippen LogP contribution >= 0.6 is 0 Å². The number of ether oxygens (including phenoxy) is 1. The van der Waals surface area contributed by atoms with Gasteiger partial charge in [-0.2, -0.15) is 0 Å². The number of para-hydroxylation sites is 1. The molecule has 6 nitrogen and oxygen atoms in total. The summed E-state index contributed by atoms with van der Waals surface area (Å²) in [6, 6.07) is 5.76. The SMILES string of the molecule is COc1c(N)cccc1-c1nnnn1C(C)C(C)C. The van der Waals surface area contributed by atoms with Crippen LogP contribution in [0.2, 0.25) is 0 Å². The molecule has 0 radical (unpaired) electrons. The van der Waals surface area contributed by atoms with Crippen LogP contribution in [-0.2, 0) is 0 Å². The van der Waals surface area contributed by atoms with Crippen LogP contribution in [0.3, 0.4) is 0 Å². The van der Waals surface area contributed by atoms with E-state index in [-0.39, 0.29) is 6.04 Å². The fourth-order valence-corrected chi connectivity index (χ4v) is 1.89. The predicted octanol–water partition coefficient (Wildman–Crippen LogP) is 2.15. The Bertz CT molecular complexity index is 564. The minimum absolute atomic E-state index is 0.191. The zero-order valence-electron chi connectivity index (χ0n) is 11.7. The van der Waals surface area contributed by atoms with Gasteiger partial charge in [-0.15, -0.1) is 5.10 Å². The van der Waals surface area contributed by atoms with Gasteiger partial charge in [0.15, 0.2) is 11.6 Å². The van der Waals surface area contributed by atoms with E-state index >= 15 is 0 Å². The molecule has 0 amide bonds. The lowest BCUT2D eigenvalue weighted by Crippen LogP contribution is -2.14. The van der Waals surface area contributed by atoms with Crippen molar-refractivity contribution < 1.29 is 4.74 Å². The molecule has 1 heterocycles. The molecule has 1 aromatic carbocycles. The van der Waals surface area contributed by atoms with E-state index < -0.39 is 0 Å². The summed E-state index contributed by atoms with van der Waals surface area (Å²) in [5, 5.41) is 12.0. The van der Waals surface area contributed by atoms with Gasteiger partial charge in [-0.3, -0.25) is 0 Å². The van der Waals surface area contributed by atoms with E-state index in [2.05, 4.69) is 36.3 Å². The highest BCUT2D eigenvalue weighted by atomic mass is 16.5. The fourth-order valence-electron chi connectivity index (χ4n) is 1.89. The minimum Gasteiger partial charge on any atom is -0.494 e. The van der Waals surface area contributed by atoms with Gasteiger partial charge in [0.1, 0.15) is 0 Å². The van der Waals surface area contributed by atoms with Crippen LogP contribution in [-0.4, -0.2) is 27.3 Å². The molecule has 0 aliphatic rings. The van der Waals surface area contributed by atoms with Gasteiger partial charge < -0.3 is 10.5 Å². The predicted molar refractivity (Wildman–Crippen MR) is 73.8 cm³/mol. The quantitative estimate of drug-likeness (QED) is 0.853. The Morgan fingerprint density at radius 2 is 2.00 bits per heavy atom. The van der Waals surface area contributed by atoms with Crippen molar-refractivity contribution >= 4 is 5.69 Å². The van der Waals surface area contributed by atoms with Crippen LogP contribution < -0.4 is 10.5 Å². The first kappa shape index (κ1) is 13.3. The molecule has 2 N–H and O–H groups in total. The van der Waals surface area contributed by atoms with Crippen molar-refractivity contribution in [2.75, 3.05) is 12.8 Å². The monoisotopic (exact) mass is 261 g/mol. The van der Waals surface area contributed by atoms with Crippen molar-refractivity contribution in [2.45, 2.75) is 26.8 Å². The summed E-state index contributed by atoms with van der Waals surface area (Å²) < 4.78 is 7.17. The van der Waals surface area contributed by atoms with Gasteiger partial charge in [-0.25, -0.2) is 4.68 Å². The summed E-state index contributed by atoms with van der Waals surface area (Å²) in [6.07, 6.45) is 0. The number of tetrazole rings is 1. The van der Waals surface area contributed by atoms with Crippen LogP contribution in [0, 0.1) is 5.92 Å². The number of nitrogen functional groups attached to an aromatic ring is 1. The standard InChI is InChI=1S/C13H19N5O/c1-8(2)9(3)18-13(15-16-17-18)10-6-5-7-11(14)12(10)19-4/h5-9H,14H2,1-4H3. The third-order valence-electron chi connectivity index (χ3n) is 3.33. The zero-order chi connectivity index (χ0) is 14.0. The molecule has 6 heteroatoms. The number of hydrogen-bond acceptors (Lipinski definition) is 5. The number of anilines is 1. The van der Waals surface area contributed by atoms with Crippen molar-refractivity contribution in [1.29, 1.82) is 0 Å². The Hall–Kier alpha value is -2.11. The molecule has 1 atom stereocenters. The van der Waals surface area contributed by atoms with Crippen LogP contribution in [0.1, 0.15) is 26.8 Å². The molecule has 1 aromatic heterocycles. The van der Waals surface area contributed by atoms with E-state index in [9.17, 15) is 0 Å². The normalized spacial score (nSPS) is 12.7. The summed E-state index contributed by atoms with van der Waals surface area (Å²) in [5.74, 6) is 1.70. The molecule has 2 rings (SSSR count). The second-order valence-corrected chi connectivity index (χ2v) is 4.86. The van der Waals surface area contributed by atoms with Crippen molar-refractivity contribution in [1.82, 2.24) is 20.2 Å². The maximum absolute atomic E-state index is 5.92. The molecule has 0 saturated carbocycles.